The van der Waals surface area contributed by atoms with Gasteiger partial charge in [0.05, 0.1) is 12.7 Å². The first-order valence-electron chi connectivity index (χ1n) is 14.2. The third-order valence-corrected chi connectivity index (χ3v) is 11.7. The second-order valence-electron chi connectivity index (χ2n) is 13.3. The first kappa shape index (κ1) is 30.4. The molecular formula is C27H46O9S2. The minimum Gasteiger partial charge on any atom is -0.390 e. The van der Waals surface area contributed by atoms with E-state index in [1.807, 2.05) is 0 Å². The van der Waals surface area contributed by atoms with Crippen LogP contribution in [0.1, 0.15) is 91.9 Å². The highest BCUT2D eigenvalue weighted by molar-refractivity contribution is 7.81. The summed E-state index contributed by atoms with van der Waals surface area (Å²) in [6.07, 6.45) is 8.82. The number of aliphatic hydroxyl groups is 1. The highest BCUT2D eigenvalue weighted by Crippen LogP contribution is 2.67. The lowest BCUT2D eigenvalue weighted by atomic mass is 9.46. The van der Waals surface area contributed by atoms with Gasteiger partial charge >= 0.3 is 20.8 Å². The topological polar surface area (TPSA) is 147 Å². The molecule has 0 saturated heterocycles. The molecule has 11 heteroatoms. The van der Waals surface area contributed by atoms with Crippen LogP contribution >= 0.6 is 0 Å². The van der Waals surface area contributed by atoms with E-state index in [-0.39, 0.29) is 29.8 Å². The number of fused-ring (bicyclic) bond motifs is 5. The monoisotopic (exact) mass is 578 g/mol. The fourth-order valence-electron chi connectivity index (χ4n) is 9.11. The normalized spacial score (nSPS) is 40.3. The van der Waals surface area contributed by atoms with E-state index in [9.17, 15) is 26.5 Å². The van der Waals surface area contributed by atoms with Crippen molar-refractivity contribution in [1.29, 1.82) is 0 Å². The van der Waals surface area contributed by atoms with Crippen LogP contribution in [-0.2, 0) is 29.2 Å². The maximum absolute atomic E-state index is 11.4. The number of hydrogen-bond donors (Lipinski definition) is 3. The lowest BCUT2D eigenvalue weighted by Gasteiger charge is -2.59. The van der Waals surface area contributed by atoms with Gasteiger partial charge in [0.15, 0.2) is 0 Å². The van der Waals surface area contributed by atoms with Gasteiger partial charge in [-0.05, 0) is 97.7 Å². The summed E-state index contributed by atoms with van der Waals surface area (Å²) in [5.41, 5.74) is 0.896. The third kappa shape index (κ3) is 6.34. The molecule has 9 atom stereocenters. The van der Waals surface area contributed by atoms with Crippen molar-refractivity contribution >= 4 is 20.8 Å². The number of aliphatic hydroxyl groups excluding tert-OH is 1. The molecule has 0 aliphatic heterocycles. The van der Waals surface area contributed by atoms with Crippen LogP contribution in [0.4, 0.5) is 0 Å². The van der Waals surface area contributed by atoms with E-state index in [1.54, 1.807) is 0 Å². The van der Waals surface area contributed by atoms with Crippen molar-refractivity contribution in [3.05, 3.63) is 11.6 Å². The molecule has 4 aliphatic carbocycles. The van der Waals surface area contributed by atoms with Crippen molar-refractivity contribution in [2.45, 2.75) is 104 Å². The standard InChI is InChI=1S/C27H46O9S2/c1-17(2)6-5-7-18(16-35-37(29,30)31)21-10-11-22-20-9-8-19-14-25(36-38(32,33)34)24(28)15-27(19,4)23(20)12-13-26(21,22)3/h8,17-18,20-25,28H,5-7,9-16H2,1-4H3,(H,29,30,31)(H,32,33,34)/t18-,20?,21+,22?,23?,24-,25-,26+,27-/m0/s1. The molecule has 3 unspecified atom stereocenters. The predicted octanol–water partition coefficient (Wildman–Crippen LogP) is 4.99. The first-order valence-corrected chi connectivity index (χ1v) is 16.9. The second-order valence-corrected chi connectivity index (χ2v) is 15.5. The molecule has 3 saturated carbocycles. The summed E-state index contributed by atoms with van der Waals surface area (Å²) < 4.78 is 73.7. The molecule has 4 aliphatic rings. The Bertz CT molecular complexity index is 1100. The van der Waals surface area contributed by atoms with Crippen LogP contribution in [0.15, 0.2) is 11.6 Å². The molecular weight excluding hydrogens is 532 g/mol. The summed E-state index contributed by atoms with van der Waals surface area (Å²) in [4.78, 5) is 0. The van der Waals surface area contributed by atoms with Crippen LogP contribution in [-0.4, -0.2) is 49.9 Å². The summed E-state index contributed by atoms with van der Waals surface area (Å²) in [5.74, 6) is 2.18. The molecule has 38 heavy (non-hydrogen) atoms. The third-order valence-electron chi connectivity index (χ3n) is 10.8. The Balaban J connectivity index is 1.54. The Morgan fingerprint density at radius 2 is 1.74 bits per heavy atom. The molecule has 220 valence electrons. The summed E-state index contributed by atoms with van der Waals surface area (Å²) >= 11 is 0. The number of hydrogen-bond acceptors (Lipinski definition) is 7. The van der Waals surface area contributed by atoms with Crippen molar-refractivity contribution in [3.63, 3.8) is 0 Å². The lowest BCUT2D eigenvalue weighted by Crippen LogP contribution is -2.54. The summed E-state index contributed by atoms with van der Waals surface area (Å²) in [5, 5.41) is 10.8. The van der Waals surface area contributed by atoms with Crippen molar-refractivity contribution in [2.75, 3.05) is 6.61 Å². The maximum Gasteiger partial charge on any atom is 0.397 e. The van der Waals surface area contributed by atoms with Crippen LogP contribution in [0.25, 0.3) is 0 Å². The highest BCUT2D eigenvalue weighted by Gasteiger charge is 2.60. The molecule has 3 N–H and O–H groups in total. The van der Waals surface area contributed by atoms with Crippen molar-refractivity contribution in [3.8, 4) is 0 Å². The van der Waals surface area contributed by atoms with E-state index in [2.05, 4.69) is 33.8 Å². The van der Waals surface area contributed by atoms with Gasteiger partial charge in [-0.1, -0.05) is 52.2 Å². The number of rotatable bonds is 10. The van der Waals surface area contributed by atoms with E-state index in [0.717, 1.165) is 56.9 Å². The SMILES string of the molecule is CC(C)CCC[C@@H](COS(=O)(=O)O)[C@H]1CCC2C3CC=C4C[C@H](OS(=O)(=O)O)[C@@H](O)C[C@]4(C)C3CC[C@@]21C. The zero-order chi connectivity index (χ0) is 28.1. The highest BCUT2D eigenvalue weighted by atomic mass is 32.3. The Hall–Kier alpha value is -0.560. The van der Waals surface area contributed by atoms with Gasteiger partial charge in [0.1, 0.15) is 6.10 Å². The second kappa shape index (κ2) is 11.0. The van der Waals surface area contributed by atoms with Crippen LogP contribution < -0.4 is 0 Å². The molecule has 0 aromatic carbocycles. The van der Waals surface area contributed by atoms with Crippen LogP contribution in [0, 0.1) is 46.3 Å². The van der Waals surface area contributed by atoms with Gasteiger partial charge in [-0.15, -0.1) is 0 Å². The zero-order valence-corrected chi connectivity index (χ0v) is 24.7. The molecule has 4 rings (SSSR count). The largest absolute Gasteiger partial charge is 0.397 e. The molecule has 0 amide bonds. The molecule has 0 heterocycles. The van der Waals surface area contributed by atoms with Gasteiger partial charge < -0.3 is 5.11 Å². The van der Waals surface area contributed by atoms with E-state index in [4.69, 9.17) is 12.9 Å². The molecule has 0 bridgehead atoms. The fraction of sp³-hybridized carbons (Fsp3) is 0.926. The van der Waals surface area contributed by atoms with Crippen LogP contribution in [0.3, 0.4) is 0 Å². The van der Waals surface area contributed by atoms with Gasteiger partial charge in [0.2, 0.25) is 0 Å². The molecule has 0 spiro atoms. The maximum atomic E-state index is 11.4. The summed E-state index contributed by atoms with van der Waals surface area (Å²) in [6, 6.07) is 0. The van der Waals surface area contributed by atoms with E-state index in [0.29, 0.717) is 36.0 Å². The fourth-order valence-corrected chi connectivity index (χ4v) is 9.96. The van der Waals surface area contributed by atoms with Gasteiger partial charge in [0.25, 0.3) is 0 Å². The van der Waals surface area contributed by atoms with Gasteiger partial charge in [-0.2, -0.15) is 16.8 Å². The smallest absolute Gasteiger partial charge is 0.390 e. The van der Waals surface area contributed by atoms with E-state index < -0.39 is 33.0 Å². The van der Waals surface area contributed by atoms with Gasteiger partial charge in [-0.25, -0.2) is 8.37 Å². The Morgan fingerprint density at radius 1 is 1.03 bits per heavy atom. The minimum atomic E-state index is -4.65. The zero-order valence-electron chi connectivity index (χ0n) is 23.1. The van der Waals surface area contributed by atoms with Gasteiger partial charge in [-0.3, -0.25) is 9.11 Å². The quantitative estimate of drug-likeness (QED) is 0.241. The van der Waals surface area contributed by atoms with Crippen LogP contribution in [0.2, 0.25) is 0 Å². The molecule has 0 radical (unpaired) electrons. The first-order chi connectivity index (χ1) is 17.5. The number of allylic oxidation sites excluding steroid dienone is 1. The Morgan fingerprint density at radius 3 is 2.37 bits per heavy atom. The van der Waals surface area contributed by atoms with Crippen LogP contribution in [0.5, 0.6) is 0 Å². The average molecular weight is 579 g/mol. The lowest BCUT2D eigenvalue weighted by molar-refractivity contribution is -0.0865. The van der Waals surface area contributed by atoms with Gasteiger partial charge in [0, 0.05) is 0 Å². The Kier molecular flexibility index (Phi) is 8.82. The van der Waals surface area contributed by atoms with E-state index in [1.165, 1.54) is 0 Å². The summed E-state index contributed by atoms with van der Waals surface area (Å²) in [7, 11) is -9.14. The van der Waals surface area contributed by atoms with Crippen molar-refractivity contribution < 1.29 is 39.4 Å². The minimum absolute atomic E-state index is 0.0150. The summed E-state index contributed by atoms with van der Waals surface area (Å²) in [6.45, 7) is 8.93. The van der Waals surface area contributed by atoms with Crippen molar-refractivity contribution in [1.82, 2.24) is 0 Å². The molecule has 9 nitrogen and oxygen atoms in total. The predicted molar refractivity (Wildman–Crippen MR) is 143 cm³/mol. The molecule has 0 aromatic rings. The van der Waals surface area contributed by atoms with Crippen molar-refractivity contribution in [2.24, 2.45) is 46.3 Å². The van der Waals surface area contributed by atoms with E-state index >= 15 is 0 Å². The Labute approximate surface area is 228 Å². The molecule has 0 aromatic heterocycles. The molecule has 3 fully saturated rings. The average Bonchev–Trinajstić information content (AvgIpc) is 3.12.